The Morgan fingerprint density at radius 2 is 1.85 bits per heavy atom. The normalized spacial score (nSPS) is 11.5. The molecule has 1 atom stereocenters. The molecule has 0 aliphatic carbocycles. The van der Waals surface area contributed by atoms with Crippen molar-refractivity contribution in [3.05, 3.63) is 0 Å². The van der Waals surface area contributed by atoms with Gasteiger partial charge in [-0.25, -0.2) is 4.79 Å². The second-order valence-corrected chi connectivity index (χ2v) is 4.33. The van der Waals surface area contributed by atoms with Crippen LogP contribution in [0.5, 0.6) is 0 Å². The third kappa shape index (κ3) is 11.3. The molecular weight excluding hydrogens is 266 g/mol. The number of ether oxygens (including phenoxy) is 1. The first-order chi connectivity index (χ1) is 9.45. The zero-order chi connectivity index (χ0) is 15.4. The number of urea groups is 1. The average Bonchev–Trinajstić information content (AvgIpc) is 2.36. The van der Waals surface area contributed by atoms with E-state index in [0.717, 1.165) is 0 Å². The van der Waals surface area contributed by atoms with Crippen LogP contribution in [0.1, 0.15) is 26.2 Å². The Morgan fingerprint density at radius 3 is 2.45 bits per heavy atom. The molecule has 0 bridgehead atoms. The number of methoxy groups -OCH3 is 1. The molecule has 0 radical (unpaired) electrons. The third-order valence-electron chi connectivity index (χ3n) is 2.43. The highest BCUT2D eigenvalue weighted by atomic mass is 16.5. The molecule has 8 heteroatoms. The van der Waals surface area contributed by atoms with Crippen molar-refractivity contribution >= 4 is 17.9 Å². The maximum Gasteiger partial charge on any atom is 0.315 e. The van der Waals surface area contributed by atoms with Gasteiger partial charge in [0.1, 0.15) is 0 Å². The van der Waals surface area contributed by atoms with Crippen molar-refractivity contribution in [2.24, 2.45) is 0 Å². The second kappa shape index (κ2) is 11.0. The number of hydrogen-bond donors (Lipinski definition) is 4. The Bertz CT molecular complexity index is 322. The lowest BCUT2D eigenvalue weighted by atomic mass is 10.2. The number of carbonyl (C=O) groups excluding carboxylic acids is 2. The van der Waals surface area contributed by atoms with Gasteiger partial charge in [-0.15, -0.1) is 0 Å². The Morgan fingerprint density at radius 1 is 1.15 bits per heavy atom. The Labute approximate surface area is 118 Å². The number of carboxylic acids is 1. The maximum absolute atomic E-state index is 11.4. The summed E-state index contributed by atoms with van der Waals surface area (Å²) in [4.78, 5) is 33.1. The highest BCUT2D eigenvalue weighted by molar-refractivity contribution is 5.78. The summed E-state index contributed by atoms with van der Waals surface area (Å²) in [5.74, 6) is -1.06. The van der Waals surface area contributed by atoms with Gasteiger partial charge >= 0.3 is 12.0 Å². The first-order valence-corrected chi connectivity index (χ1v) is 6.47. The van der Waals surface area contributed by atoms with E-state index in [-0.39, 0.29) is 31.3 Å². The van der Waals surface area contributed by atoms with Crippen molar-refractivity contribution in [1.29, 1.82) is 0 Å². The van der Waals surface area contributed by atoms with Crippen LogP contribution < -0.4 is 16.0 Å². The van der Waals surface area contributed by atoms with Crippen LogP contribution in [-0.2, 0) is 14.3 Å². The summed E-state index contributed by atoms with van der Waals surface area (Å²) in [6.45, 7) is 2.82. The monoisotopic (exact) mass is 289 g/mol. The number of amides is 3. The van der Waals surface area contributed by atoms with Crippen LogP contribution in [0.4, 0.5) is 4.79 Å². The van der Waals surface area contributed by atoms with E-state index < -0.39 is 12.0 Å². The van der Waals surface area contributed by atoms with Gasteiger partial charge < -0.3 is 25.8 Å². The summed E-state index contributed by atoms with van der Waals surface area (Å²) in [6, 6.07) is -0.644. The van der Waals surface area contributed by atoms with Crippen LogP contribution in [-0.4, -0.2) is 55.9 Å². The summed E-state index contributed by atoms with van der Waals surface area (Å²) >= 11 is 0. The van der Waals surface area contributed by atoms with Crippen molar-refractivity contribution in [1.82, 2.24) is 16.0 Å². The van der Waals surface area contributed by atoms with E-state index in [1.165, 1.54) is 0 Å². The Balaban J connectivity index is 3.62. The zero-order valence-electron chi connectivity index (χ0n) is 11.9. The van der Waals surface area contributed by atoms with Crippen LogP contribution in [0.3, 0.4) is 0 Å². The molecule has 0 aliphatic heterocycles. The van der Waals surface area contributed by atoms with Crippen LogP contribution in [0.2, 0.25) is 0 Å². The van der Waals surface area contributed by atoms with Gasteiger partial charge in [-0.05, 0) is 13.3 Å². The van der Waals surface area contributed by atoms with Gasteiger partial charge in [0.2, 0.25) is 5.91 Å². The molecule has 0 spiro atoms. The molecule has 0 fully saturated rings. The highest BCUT2D eigenvalue weighted by Crippen LogP contribution is 1.95. The van der Waals surface area contributed by atoms with Crippen LogP contribution >= 0.6 is 0 Å². The molecule has 20 heavy (non-hydrogen) atoms. The molecule has 0 rings (SSSR count). The molecule has 3 amide bonds. The summed E-state index contributed by atoms with van der Waals surface area (Å²) in [5, 5.41) is 16.3. The summed E-state index contributed by atoms with van der Waals surface area (Å²) in [6.07, 6.45) is 0.546. The van der Waals surface area contributed by atoms with Gasteiger partial charge in [0.25, 0.3) is 0 Å². The molecule has 1 unspecified atom stereocenters. The number of carboxylic acid groups (broad SMARTS) is 1. The van der Waals surface area contributed by atoms with Gasteiger partial charge in [-0.2, -0.15) is 0 Å². The zero-order valence-corrected chi connectivity index (χ0v) is 11.9. The second-order valence-electron chi connectivity index (χ2n) is 4.33. The molecule has 0 aromatic rings. The van der Waals surface area contributed by atoms with Gasteiger partial charge in [0, 0.05) is 39.1 Å². The lowest BCUT2D eigenvalue weighted by Gasteiger charge is -2.13. The molecule has 0 heterocycles. The lowest BCUT2D eigenvalue weighted by molar-refractivity contribution is -0.137. The molecule has 4 N–H and O–H groups in total. The minimum Gasteiger partial charge on any atom is -0.481 e. The summed E-state index contributed by atoms with van der Waals surface area (Å²) in [7, 11) is 1.55. The van der Waals surface area contributed by atoms with E-state index in [1.54, 1.807) is 14.0 Å². The molecule has 0 aliphatic rings. The van der Waals surface area contributed by atoms with Gasteiger partial charge in [0.05, 0.1) is 6.61 Å². The Kier molecular flexibility index (Phi) is 10.0. The smallest absolute Gasteiger partial charge is 0.315 e. The summed E-state index contributed by atoms with van der Waals surface area (Å²) < 4.78 is 4.78. The average molecular weight is 289 g/mol. The Hall–Kier alpha value is -1.83. The van der Waals surface area contributed by atoms with Gasteiger partial charge in [0.15, 0.2) is 0 Å². The van der Waals surface area contributed by atoms with Gasteiger partial charge in [-0.1, -0.05) is 0 Å². The molecule has 0 saturated heterocycles. The lowest BCUT2D eigenvalue weighted by Crippen LogP contribution is -2.42. The standard InChI is InChI=1S/C12H23N3O5/c1-9(3-4-11(17)18)15-12(19)14-6-5-10(16)13-7-8-20-2/h9H,3-8H2,1-2H3,(H,13,16)(H,17,18)(H2,14,15,19). The molecule has 8 nitrogen and oxygen atoms in total. The molecule has 0 aromatic carbocycles. The van der Waals surface area contributed by atoms with E-state index in [0.29, 0.717) is 19.6 Å². The third-order valence-corrected chi connectivity index (χ3v) is 2.43. The van der Waals surface area contributed by atoms with Crippen LogP contribution in [0.25, 0.3) is 0 Å². The van der Waals surface area contributed by atoms with Gasteiger partial charge in [-0.3, -0.25) is 9.59 Å². The fraction of sp³-hybridized carbons (Fsp3) is 0.750. The summed E-state index contributed by atoms with van der Waals surface area (Å²) in [5.41, 5.74) is 0. The molecule has 0 saturated carbocycles. The van der Waals surface area contributed by atoms with Crippen LogP contribution in [0, 0.1) is 0 Å². The van der Waals surface area contributed by atoms with Crippen molar-refractivity contribution in [2.45, 2.75) is 32.2 Å². The number of hydrogen-bond acceptors (Lipinski definition) is 4. The van der Waals surface area contributed by atoms with Crippen molar-refractivity contribution < 1.29 is 24.2 Å². The quantitative estimate of drug-likeness (QED) is 0.412. The van der Waals surface area contributed by atoms with E-state index in [2.05, 4.69) is 16.0 Å². The number of carbonyl (C=O) groups is 3. The molecule has 116 valence electrons. The first kappa shape index (κ1) is 18.2. The van der Waals surface area contributed by atoms with Crippen molar-refractivity contribution in [3.63, 3.8) is 0 Å². The molecular formula is C12H23N3O5. The fourth-order valence-electron chi connectivity index (χ4n) is 1.36. The van der Waals surface area contributed by atoms with Crippen LogP contribution in [0.15, 0.2) is 0 Å². The topological polar surface area (TPSA) is 117 Å². The predicted molar refractivity (Wildman–Crippen MR) is 72.4 cm³/mol. The van der Waals surface area contributed by atoms with Crippen molar-refractivity contribution in [3.8, 4) is 0 Å². The number of nitrogens with one attached hydrogen (secondary N) is 3. The van der Waals surface area contributed by atoms with E-state index >= 15 is 0 Å². The van der Waals surface area contributed by atoms with E-state index in [4.69, 9.17) is 9.84 Å². The van der Waals surface area contributed by atoms with E-state index in [1.807, 2.05) is 0 Å². The SMILES string of the molecule is COCCNC(=O)CCNC(=O)NC(C)CCC(=O)O. The number of aliphatic carboxylic acids is 1. The largest absolute Gasteiger partial charge is 0.481 e. The van der Waals surface area contributed by atoms with Crippen molar-refractivity contribution in [2.75, 3.05) is 26.8 Å². The maximum atomic E-state index is 11.4. The first-order valence-electron chi connectivity index (χ1n) is 6.47. The minimum atomic E-state index is -0.896. The number of rotatable bonds is 10. The predicted octanol–water partition coefficient (Wildman–Crippen LogP) is -0.308. The molecule has 0 aromatic heterocycles. The van der Waals surface area contributed by atoms with E-state index in [9.17, 15) is 14.4 Å². The fourth-order valence-corrected chi connectivity index (χ4v) is 1.36. The minimum absolute atomic E-state index is 0.00333. The highest BCUT2D eigenvalue weighted by Gasteiger charge is 2.09.